The zero-order valence-corrected chi connectivity index (χ0v) is 17.2. The summed E-state index contributed by atoms with van der Waals surface area (Å²) in [6.45, 7) is 3.88. The molecule has 1 heterocycles. The van der Waals surface area contributed by atoms with Crippen molar-refractivity contribution in [1.29, 1.82) is 0 Å². The molecule has 0 aliphatic rings. The van der Waals surface area contributed by atoms with Crippen molar-refractivity contribution >= 4 is 5.97 Å². The fourth-order valence-corrected chi connectivity index (χ4v) is 2.87. The van der Waals surface area contributed by atoms with Crippen LogP contribution >= 0.6 is 0 Å². The van der Waals surface area contributed by atoms with Gasteiger partial charge in [-0.25, -0.2) is 14.8 Å². The van der Waals surface area contributed by atoms with E-state index in [-0.39, 0.29) is 12.6 Å². The first kappa shape index (κ1) is 21.5. The fraction of sp³-hybridized carbons (Fsp3) is 0.292. The molecule has 0 unspecified atom stereocenters. The van der Waals surface area contributed by atoms with Crippen LogP contribution in [-0.2, 0) is 22.6 Å². The number of ether oxygens (including phenoxy) is 2. The topological polar surface area (TPSA) is 73.3 Å². The number of rotatable bonds is 11. The number of hydrogen-bond donors (Lipinski definition) is 1. The highest BCUT2D eigenvalue weighted by Gasteiger charge is 2.05. The highest BCUT2D eigenvalue weighted by molar-refractivity contribution is 5.71. The SMILES string of the molecule is CCCCOC(=O)COc1cccc(CNCc2ccc(-c3cncnc3)cc2)c1. The van der Waals surface area contributed by atoms with Crippen molar-refractivity contribution in [2.75, 3.05) is 13.2 Å². The zero-order valence-electron chi connectivity index (χ0n) is 17.2. The first-order valence-electron chi connectivity index (χ1n) is 10.2. The van der Waals surface area contributed by atoms with E-state index in [9.17, 15) is 4.79 Å². The van der Waals surface area contributed by atoms with Crippen molar-refractivity contribution < 1.29 is 14.3 Å². The van der Waals surface area contributed by atoms with E-state index in [1.54, 1.807) is 12.4 Å². The molecule has 3 aromatic rings. The average molecular weight is 405 g/mol. The summed E-state index contributed by atoms with van der Waals surface area (Å²) in [5.41, 5.74) is 4.38. The van der Waals surface area contributed by atoms with Gasteiger partial charge in [-0.3, -0.25) is 0 Å². The smallest absolute Gasteiger partial charge is 0.344 e. The minimum Gasteiger partial charge on any atom is -0.482 e. The number of benzene rings is 2. The van der Waals surface area contributed by atoms with E-state index >= 15 is 0 Å². The van der Waals surface area contributed by atoms with Crippen molar-refractivity contribution in [3.05, 3.63) is 78.4 Å². The minimum absolute atomic E-state index is 0.0700. The average Bonchev–Trinajstić information content (AvgIpc) is 2.79. The van der Waals surface area contributed by atoms with Crippen LogP contribution in [0.3, 0.4) is 0 Å². The third kappa shape index (κ3) is 6.97. The van der Waals surface area contributed by atoms with E-state index in [4.69, 9.17) is 9.47 Å². The Balaban J connectivity index is 1.44. The van der Waals surface area contributed by atoms with Crippen LogP contribution < -0.4 is 10.1 Å². The molecule has 156 valence electrons. The Hall–Kier alpha value is -3.25. The molecule has 0 amide bonds. The first-order chi connectivity index (χ1) is 14.7. The Kier molecular flexibility index (Phi) is 8.35. The van der Waals surface area contributed by atoms with Crippen LogP contribution in [-0.4, -0.2) is 29.2 Å². The Morgan fingerprint density at radius 2 is 1.73 bits per heavy atom. The normalized spacial score (nSPS) is 10.6. The molecule has 30 heavy (non-hydrogen) atoms. The van der Waals surface area contributed by atoms with Crippen molar-refractivity contribution in [3.8, 4) is 16.9 Å². The highest BCUT2D eigenvalue weighted by atomic mass is 16.6. The quantitative estimate of drug-likeness (QED) is 0.382. The van der Waals surface area contributed by atoms with Gasteiger partial charge in [-0.1, -0.05) is 49.7 Å². The van der Waals surface area contributed by atoms with E-state index in [1.165, 1.54) is 11.9 Å². The molecule has 0 fully saturated rings. The molecule has 6 nitrogen and oxygen atoms in total. The van der Waals surface area contributed by atoms with Crippen LogP contribution in [0.2, 0.25) is 0 Å². The second-order valence-electron chi connectivity index (χ2n) is 6.94. The van der Waals surface area contributed by atoms with Gasteiger partial charge in [0, 0.05) is 31.0 Å². The van der Waals surface area contributed by atoms with Gasteiger partial charge in [-0.2, -0.15) is 0 Å². The molecule has 2 aromatic carbocycles. The number of carbonyl (C=O) groups is 1. The number of esters is 1. The second kappa shape index (κ2) is 11.7. The summed E-state index contributed by atoms with van der Waals surface area (Å²) in [7, 11) is 0. The number of carbonyl (C=O) groups excluding carboxylic acids is 1. The maximum Gasteiger partial charge on any atom is 0.344 e. The van der Waals surface area contributed by atoms with Crippen LogP contribution in [0.4, 0.5) is 0 Å². The van der Waals surface area contributed by atoms with Crippen molar-refractivity contribution in [3.63, 3.8) is 0 Å². The number of nitrogens with zero attached hydrogens (tertiary/aromatic N) is 2. The Morgan fingerprint density at radius 1 is 0.967 bits per heavy atom. The van der Waals surface area contributed by atoms with Gasteiger partial charge in [0.25, 0.3) is 0 Å². The minimum atomic E-state index is -0.336. The van der Waals surface area contributed by atoms with Crippen molar-refractivity contribution in [2.45, 2.75) is 32.9 Å². The first-order valence-corrected chi connectivity index (χ1v) is 10.2. The predicted octanol–water partition coefficient (Wildman–Crippen LogP) is 4.16. The summed E-state index contributed by atoms with van der Waals surface area (Å²) in [4.78, 5) is 19.8. The van der Waals surface area contributed by atoms with Gasteiger partial charge in [-0.05, 0) is 35.2 Å². The van der Waals surface area contributed by atoms with Gasteiger partial charge in [-0.15, -0.1) is 0 Å². The van der Waals surface area contributed by atoms with Gasteiger partial charge < -0.3 is 14.8 Å². The molecule has 0 bridgehead atoms. The second-order valence-corrected chi connectivity index (χ2v) is 6.94. The van der Waals surface area contributed by atoms with Crippen molar-refractivity contribution in [2.24, 2.45) is 0 Å². The van der Waals surface area contributed by atoms with E-state index in [1.807, 2.05) is 24.3 Å². The number of aromatic nitrogens is 2. The number of hydrogen-bond acceptors (Lipinski definition) is 6. The maximum absolute atomic E-state index is 11.7. The van der Waals surface area contributed by atoms with Crippen LogP contribution in [0.1, 0.15) is 30.9 Å². The molecule has 6 heteroatoms. The van der Waals surface area contributed by atoms with Gasteiger partial charge >= 0.3 is 5.97 Å². The molecule has 0 atom stereocenters. The molecule has 0 saturated carbocycles. The zero-order chi connectivity index (χ0) is 21.0. The molecule has 3 rings (SSSR count). The lowest BCUT2D eigenvalue weighted by atomic mass is 10.1. The molecular formula is C24H27N3O3. The summed E-state index contributed by atoms with van der Waals surface area (Å²) in [6.07, 6.45) is 7.01. The Morgan fingerprint density at radius 3 is 2.50 bits per heavy atom. The summed E-state index contributed by atoms with van der Waals surface area (Å²) in [5.74, 6) is 0.327. The maximum atomic E-state index is 11.7. The van der Waals surface area contributed by atoms with Gasteiger partial charge in [0.15, 0.2) is 6.61 Å². The number of unbranched alkanes of at least 4 members (excludes halogenated alkanes) is 1. The molecule has 0 aliphatic carbocycles. The molecule has 1 aromatic heterocycles. The standard InChI is InChI=1S/C24H27N3O3/c1-2-3-11-29-24(28)17-30-23-6-4-5-20(12-23)14-25-13-19-7-9-21(10-8-19)22-15-26-18-27-16-22/h4-10,12,15-16,18,25H,2-3,11,13-14,17H2,1H3. The summed E-state index contributed by atoms with van der Waals surface area (Å²) in [6, 6.07) is 16.1. The molecule has 0 aliphatic heterocycles. The van der Waals surface area contributed by atoms with E-state index in [0.29, 0.717) is 18.9 Å². The molecule has 0 saturated heterocycles. The van der Waals surface area contributed by atoms with Crippen LogP contribution in [0, 0.1) is 0 Å². The molecular weight excluding hydrogens is 378 g/mol. The van der Waals surface area contributed by atoms with Crippen LogP contribution in [0.5, 0.6) is 5.75 Å². The molecule has 0 spiro atoms. The van der Waals surface area contributed by atoms with Crippen LogP contribution in [0.25, 0.3) is 11.1 Å². The third-order valence-corrected chi connectivity index (χ3v) is 4.52. The lowest BCUT2D eigenvalue weighted by molar-refractivity contribution is -0.146. The number of nitrogens with one attached hydrogen (secondary N) is 1. The summed E-state index contributed by atoms with van der Waals surface area (Å²) < 4.78 is 10.6. The fourth-order valence-electron chi connectivity index (χ4n) is 2.87. The van der Waals surface area contributed by atoms with E-state index in [0.717, 1.165) is 36.1 Å². The third-order valence-electron chi connectivity index (χ3n) is 4.52. The van der Waals surface area contributed by atoms with E-state index in [2.05, 4.69) is 46.5 Å². The molecule has 1 N–H and O–H groups in total. The predicted molar refractivity (Wildman–Crippen MR) is 116 cm³/mol. The highest BCUT2D eigenvalue weighted by Crippen LogP contribution is 2.18. The lowest BCUT2D eigenvalue weighted by Gasteiger charge is -2.09. The van der Waals surface area contributed by atoms with Crippen molar-refractivity contribution in [1.82, 2.24) is 15.3 Å². The summed E-state index contributed by atoms with van der Waals surface area (Å²) >= 11 is 0. The van der Waals surface area contributed by atoms with E-state index < -0.39 is 0 Å². The lowest BCUT2D eigenvalue weighted by Crippen LogP contribution is -2.16. The monoisotopic (exact) mass is 405 g/mol. The van der Waals surface area contributed by atoms with Crippen LogP contribution in [0.15, 0.2) is 67.3 Å². The largest absolute Gasteiger partial charge is 0.482 e. The Labute approximate surface area is 177 Å². The van der Waals surface area contributed by atoms with Gasteiger partial charge in [0.1, 0.15) is 12.1 Å². The molecule has 0 radical (unpaired) electrons. The Bertz CT molecular complexity index is 914. The van der Waals surface area contributed by atoms with Gasteiger partial charge in [0.2, 0.25) is 0 Å². The summed E-state index contributed by atoms with van der Waals surface area (Å²) in [5, 5.41) is 3.43. The van der Waals surface area contributed by atoms with Gasteiger partial charge in [0.05, 0.1) is 6.61 Å².